The smallest absolute Gasteiger partial charge is 0.317 e. The largest absolute Gasteiger partial charge is 0.492 e. The molecule has 0 saturated heterocycles. The van der Waals surface area contributed by atoms with Crippen molar-refractivity contribution in [2.24, 2.45) is 0 Å². The predicted octanol–water partition coefficient (Wildman–Crippen LogP) is 2.77. The molecule has 1 aromatic carbocycles. The number of hydrogen-bond acceptors (Lipinski definition) is 2. The number of carbonyl (C=O) groups excluding carboxylic acids is 1. The fourth-order valence-corrected chi connectivity index (χ4v) is 1.69. The maximum absolute atomic E-state index is 11.6. The summed E-state index contributed by atoms with van der Waals surface area (Å²) in [6.45, 7) is 6.21. The Morgan fingerprint density at radius 3 is 2.72 bits per heavy atom. The van der Waals surface area contributed by atoms with Crippen molar-refractivity contribution in [1.82, 2.24) is 10.2 Å². The molecule has 2 amide bonds. The van der Waals surface area contributed by atoms with E-state index in [2.05, 4.69) is 5.32 Å². The molecule has 0 fully saturated rings. The molecule has 0 aliphatic rings. The Labute approximate surface area is 113 Å². The molecule has 0 bridgehead atoms. The zero-order chi connectivity index (χ0) is 13.4. The minimum absolute atomic E-state index is 0.0605. The van der Waals surface area contributed by atoms with Crippen LogP contribution >= 0.6 is 11.6 Å². The van der Waals surface area contributed by atoms with Gasteiger partial charge >= 0.3 is 6.03 Å². The van der Waals surface area contributed by atoms with Crippen molar-refractivity contribution in [1.29, 1.82) is 0 Å². The highest BCUT2D eigenvalue weighted by Gasteiger charge is 2.07. The summed E-state index contributed by atoms with van der Waals surface area (Å²) >= 11 is 5.83. The van der Waals surface area contributed by atoms with Gasteiger partial charge in [-0.2, -0.15) is 0 Å². The van der Waals surface area contributed by atoms with E-state index < -0.39 is 0 Å². The van der Waals surface area contributed by atoms with Gasteiger partial charge in [-0.25, -0.2) is 4.79 Å². The van der Waals surface area contributed by atoms with Crippen molar-refractivity contribution in [3.8, 4) is 5.75 Å². The van der Waals surface area contributed by atoms with Crippen LogP contribution in [0.1, 0.15) is 13.8 Å². The Morgan fingerprint density at radius 2 is 2.11 bits per heavy atom. The number of nitrogens with one attached hydrogen (secondary N) is 1. The third kappa shape index (κ3) is 4.84. The summed E-state index contributed by atoms with van der Waals surface area (Å²) in [5.74, 6) is 0.708. The zero-order valence-electron chi connectivity index (χ0n) is 10.8. The van der Waals surface area contributed by atoms with Gasteiger partial charge in [0.05, 0.1) is 6.54 Å². The third-order valence-corrected chi connectivity index (χ3v) is 2.73. The molecule has 0 spiro atoms. The van der Waals surface area contributed by atoms with Crippen LogP contribution in [0.4, 0.5) is 4.79 Å². The van der Waals surface area contributed by atoms with Crippen molar-refractivity contribution in [3.05, 3.63) is 29.3 Å². The first-order chi connectivity index (χ1) is 8.67. The average molecular weight is 271 g/mol. The molecule has 4 nitrogen and oxygen atoms in total. The van der Waals surface area contributed by atoms with Crippen LogP contribution in [0.2, 0.25) is 5.02 Å². The van der Waals surface area contributed by atoms with Gasteiger partial charge in [0.2, 0.25) is 0 Å². The normalized spacial score (nSPS) is 9.94. The molecule has 0 heterocycles. The summed E-state index contributed by atoms with van der Waals surface area (Å²) in [4.78, 5) is 13.3. The van der Waals surface area contributed by atoms with Crippen molar-refractivity contribution in [3.63, 3.8) is 0 Å². The van der Waals surface area contributed by atoms with Crippen LogP contribution in [-0.4, -0.2) is 37.2 Å². The van der Waals surface area contributed by atoms with Crippen molar-refractivity contribution in [2.75, 3.05) is 26.2 Å². The summed E-state index contributed by atoms with van der Waals surface area (Å²) in [6.07, 6.45) is 0. The molecule has 1 rings (SSSR count). The molecule has 0 unspecified atom stereocenters. The number of nitrogens with zero attached hydrogens (tertiary/aromatic N) is 1. The number of carbonyl (C=O) groups is 1. The Morgan fingerprint density at radius 1 is 1.39 bits per heavy atom. The summed E-state index contributed by atoms with van der Waals surface area (Å²) in [6, 6.07) is 7.13. The molecule has 0 atom stereocenters. The molecule has 0 aromatic heterocycles. The molecule has 0 aliphatic heterocycles. The topological polar surface area (TPSA) is 41.6 Å². The predicted molar refractivity (Wildman–Crippen MR) is 73.3 cm³/mol. The lowest BCUT2D eigenvalue weighted by atomic mass is 10.3. The Bertz CT molecular complexity index is 381. The maximum Gasteiger partial charge on any atom is 0.317 e. The summed E-state index contributed by atoms with van der Waals surface area (Å²) < 4.78 is 5.47. The van der Waals surface area contributed by atoms with Crippen LogP contribution in [0.3, 0.4) is 0 Å². The summed E-state index contributed by atoms with van der Waals surface area (Å²) in [7, 11) is 0. The van der Waals surface area contributed by atoms with Gasteiger partial charge in [-0.3, -0.25) is 0 Å². The first-order valence-corrected chi connectivity index (χ1v) is 6.46. The quantitative estimate of drug-likeness (QED) is 0.808. The van der Waals surface area contributed by atoms with Gasteiger partial charge in [0.15, 0.2) is 0 Å². The lowest BCUT2D eigenvalue weighted by Gasteiger charge is -2.19. The Kier molecular flexibility index (Phi) is 6.36. The highest BCUT2D eigenvalue weighted by molar-refractivity contribution is 6.30. The second-order valence-electron chi connectivity index (χ2n) is 3.71. The number of urea groups is 1. The molecule has 0 saturated carbocycles. The number of halogens is 1. The minimum Gasteiger partial charge on any atom is -0.492 e. The van der Waals surface area contributed by atoms with Crippen molar-refractivity contribution in [2.45, 2.75) is 13.8 Å². The van der Waals surface area contributed by atoms with E-state index in [0.29, 0.717) is 37.0 Å². The second-order valence-corrected chi connectivity index (χ2v) is 4.15. The standard InChI is InChI=1S/C13H19ClN2O2/c1-3-16(4-2)13(17)15-8-9-18-12-7-5-6-11(14)10-12/h5-7,10H,3-4,8-9H2,1-2H3,(H,15,17). The molecule has 1 aromatic rings. The van der Waals surface area contributed by atoms with E-state index in [0.717, 1.165) is 0 Å². The first kappa shape index (κ1) is 14.6. The average Bonchev–Trinajstić information content (AvgIpc) is 2.36. The first-order valence-electron chi connectivity index (χ1n) is 6.08. The number of ether oxygens (including phenoxy) is 1. The van der Waals surface area contributed by atoms with E-state index >= 15 is 0 Å². The zero-order valence-corrected chi connectivity index (χ0v) is 11.5. The van der Waals surface area contributed by atoms with E-state index in [1.807, 2.05) is 26.0 Å². The SMILES string of the molecule is CCN(CC)C(=O)NCCOc1cccc(Cl)c1. The Hall–Kier alpha value is -1.42. The molecule has 0 aliphatic carbocycles. The lowest BCUT2D eigenvalue weighted by molar-refractivity contribution is 0.200. The fraction of sp³-hybridized carbons (Fsp3) is 0.462. The Balaban J connectivity index is 2.24. The van der Waals surface area contributed by atoms with E-state index in [1.165, 1.54) is 0 Å². The molecule has 1 N–H and O–H groups in total. The molecular formula is C13H19ClN2O2. The van der Waals surface area contributed by atoms with Crippen molar-refractivity contribution < 1.29 is 9.53 Å². The molecule has 0 radical (unpaired) electrons. The van der Waals surface area contributed by atoms with E-state index in [1.54, 1.807) is 17.0 Å². The number of hydrogen-bond donors (Lipinski definition) is 1. The molecular weight excluding hydrogens is 252 g/mol. The number of benzene rings is 1. The second kappa shape index (κ2) is 7.82. The van der Waals surface area contributed by atoms with Gasteiger partial charge in [-0.1, -0.05) is 17.7 Å². The van der Waals surface area contributed by atoms with Gasteiger partial charge < -0.3 is 15.0 Å². The number of amides is 2. The lowest BCUT2D eigenvalue weighted by Crippen LogP contribution is -2.41. The van der Waals surface area contributed by atoms with Crippen LogP contribution < -0.4 is 10.1 Å². The summed E-state index contributed by atoms with van der Waals surface area (Å²) in [5.41, 5.74) is 0. The van der Waals surface area contributed by atoms with E-state index in [-0.39, 0.29) is 6.03 Å². The highest BCUT2D eigenvalue weighted by Crippen LogP contribution is 2.16. The van der Waals surface area contributed by atoms with Crippen LogP contribution in [-0.2, 0) is 0 Å². The van der Waals surface area contributed by atoms with Crippen molar-refractivity contribution >= 4 is 17.6 Å². The summed E-state index contributed by atoms with van der Waals surface area (Å²) in [5, 5.41) is 3.44. The molecule has 18 heavy (non-hydrogen) atoms. The monoisotopic (exact) mass is 270 g/mol. The van der Waals surface area contributed by atoms with Gasteiger partial charge in [-0.15, -0.1) is 0 Å². The van der Waals surface area contributed by atoms with E-state index in [9.17, 15) is 4.79 Å². The highest BCUT2D eigenvalue weighted by atomic mass is 35.5. The van der Waals surface area contributed by atoms with Gasteiger partial charge in [0, 0.05) is 18.1 Å². The molecule has 5 heteroatoms. The third-order valence-electron chi connectivity index (χ3n) is 2.49. The van der Waals surface area contributed by atoms with Crippen LogP contribution in [0, 0.1) is 0 Å². The van der Waals surface area contributed by atoms with Gasteiger partial charge in [0.25, 0.3) is 0 Å². The van der Waals surface area contributed by atoms with E-state index in [4.69, 9.17) is 16.3 Å². The minimum atomic E-state index is -0.0605. The maximum atomic E-state index is 11.6. The van der Waals surface area contributed by atoms with Gasteiger partial charge in [-0.05, 0) is 32.0 Å². The fourth-order valence-electron chi connectivity index (χ4n) is 1.51. The molecule has 100 valence electrons. The van der Waals surface area contributed by atoms with Crippen LogP contribution in [0.25, 0.3) is 0 Å². The number of rotatable bonds is 6. The van der Waals surface area contributed by atoms with Crippen LogP contribution in [0.15, 0.2) is 24.3 Å². The van der Waals surface area contributed by atoms with Crippen LogP contribution in [0.5, 0.6) is 5.75 Å². The van der Waals surface area contributed by atoms with Gasteiger partial charge in [0.1, 0.15) is 12.4 Å².